The van der Waals surface area contributed by atoms with E-state index >= 15 is 0 Å². The first-order valence-corrected chi connectivity index (χ1v) is 11.8. The molecule has 0 radical (unpaired) electrons. The van der Waals surface area contributed by atoms with Crippen LogP contribution in [0.1, 0.15) is 48.2 Å². The van der Waals surface area contributed by atoms with Gasteiger partial charge in [0.1, 0.15) is 22.7 Å². The number of rotatable bonds is 6. The molecule has 0 atom stereocenters. The molecule has 0 aliphatic carbocycles. The van der Waals surface area contributed by atoms with Gasteiger partial charge in [-0.25, -0.2) is 9.97 Å². The monoisotopic (exact) mass is 519 g/mol. The summed E-state index contributed by atoms with van der Waals surface area (Å²) in [7, 11) is 0. The van der Waals surface area contributed by atoms with E-state index < -0.39 is 0 Å². The van der Waals surface area contributed by atoms with Gasteiger partial charge in [-0.05, 0) is 66.5 Å². The summed E-state index contributed by atoms with van der Waals surface area (Å²) in [5, 5.41) is 0. The van der Waals surface area contributed by atoms with Crippen molar-refractivity contribution >= 4 is 15.9 Å². The Morgan fingerprint density at radius 1 is 1.06 bits per heavy atom. The fourth-order valence-electron chi connectivity index (χ4n) is 3.62. The van der Waals surface area contributed by atoms with Crippen LogP contribution in [0.5, 0.6) is 5.75 Å². The third kappa shape index (κ3) is 4.92. The third-order valence-electron chi connectivity index (χ3n) is 5.37. The third-order valence-corrected chi connectivity index (χ3v) is 6.10. The lowest BCUT2D eigenvalue weighted by molar-refractivity contribution is 0.298. The van der Waals surface area contributed by atoms with Gasteiger partial charge in [-0.3, -0.25) is 19.3 Å². The molecule has 8 heteroatoms. The van der Waals surface area contributed by atoms with Gasteiger partial charge in [0.2, 0.25) is 0 Å². The van der Waals surface area contributed by atoms with E-state index in [-0.39, 0.29) is 18.1 Å². The lowest BCUT2D eigenvalue weighted by atomic mass is 10.1. The molecule has 0 spiro atoms. The van der Waals surface area contributed by atoms with Crippen molar-refractivity contribution < 1.29 is 4.74 Å². The minimum Gasteiger partial charge on any atom is -0.486 e. The van der Waals surface area contributed by atoms with Crippen LogP contribution in [-0.4, -0.2) is 24.5 Å². The molecule has 34 heavy (non-hydrogen) atoms. The Kier molecular flexibility index (Phi) is 6.88. The summed E-state index contributed by atoms with van der Waals surface area (Å²) in [4.78, 5) is 31.4. The molecule has 174 valence electrons. The largest absolute Gasteiger partial charge is 0.486 e. The van der Waals surface area contributed by atoms with Crippen molar-refractivity contribution in [1.29, 1.82) is 0 Å². The zero-order chi connectivity index (χ0) is 24.4. The van der Waals surface area contributed by atoms with Crippen molar-refractivity contribution in [3.05, 3.63) is 92.1 Å². The van der Waals surface area contributed by atoms with Crippen molar-refractivity contribution in [2.75, 3.05) is 0 Å². The van der Waals surface area contributed by atoms with E-state index in [0.29, 0.717) is 21.6 Å². The van der Waals surface area contributed by atoms with Crippen molar-refractivity contribution in [1.82, 2.24) is 24.5 Å². The van der Waals surface area contributed by atoms with Crippen LogP contribution < -0.4 is 10.3 Å². The molecule has 4 rings (SSSR count). The first-order chi connectivity index (χ1) is 16.2. The van der Waals surface area contributed by atoms with Crippen molar-refractivity contribution in [3.8, 4) is 22.8 Å². The predicted molar refractivity (Wildman–Crippen MR) is 135 cm³/mol. The normalized spacial score (nSPS) is 11.1. The predicted octanol–water partition coefficient (Wildman–Crippen LogP) is 5.47. The Labute approximate surface area is 207 Å². The van der Waals surface area contributed by atoms with E-state index in [0.717, 1.165) is 34.2 Å². The molecule has 0 aliphatic rings. The maximum absolute atomic E-state index is 13.3. The quantitative estimate of drug-likeness (QED) is 0.335. The number of nitrogens with zero attached hydrogens (tertiary/aromatic N) is 5. The highest BCUT2D eigenvalue weighted by molar-refractivity contribution is 9.10. The molecular formula is C26H26BrN5O2. The van der Waals surface area contributed by atoms with Crippen molar-refractivity contribution in [3.63, 3.8) is 0 Å². The Morgan fingerprint density at radius 2 is 1.85 bits per heavy atom. The van der Waals surface area contributed by atoms with Gasteiger partial charge in [0.15, 0.2) is 0 Å². The summed E-state index contributed by atoms with van der Waals surface area (Å²) in [6, 6.07) is 11.3. The van der Waals surface area contributed by atoms with Crippen molar-refractivity contribution in [2.45, 2.75) is 47.1 Å². The highest BCUT2D eigenvalue weighted by Gasteiger charge is 2.16. The van der Waals surface area contributed by atoms with Gasteiger partial charge in [-0.2, -0.15) is 0 Å². The molecule has 4 aromatic heterocycles. The number of ether oxygens (including phenoxy) is 1. The number of halogens is 1. The molecule has 4 heterocycles. The van der Waals surface area contributed by atoms with Gasteiger partial charge in [-0.1, -0.05) is 19.9 Å². The average Bonchev–Trinajstić information content (AvgIpc) is 2.81. The summed E-state index contributed by atoms with van der Waals surface area (Å²) in [5.41, 5.74) is 5.31. The minimum absolute atomic E-state index is 0.200. The van der Waals surface area contributed by atoms with Crippen LogP contribution in [0.15, 0.2) is 58.1 Å². The van der Waals surface area contributed by atoms with Crippen LogP contribution in [0.3, 0.4) is 0 Å². The van der Waals surface area contributed by atoms with Crippen LogP contribution in [0.4, 0.5) is 0 Å². The second kappa shape index (κ2) is 9.85. The summed E-state index contributed by atoms with van der Waals surface area (Å²) in [6.45, 7) is 10.1. The highest BCUT2D eigenvalue weighted by Crippen LogP contribution is 2.27. The molecule has 0 saturated heterocycles. The Balaban J connectivity index is 1.70. The fraction of sp³-hybridized carbons (Fsp3) is 0.269. The Bertz CT molecular complexity index is 1410. The SMILES string of the molecule is Cc1cccc(COc2cc(C)n(-c3ccnc(-c4nc(C(C)C)ncc4C)c3)c(=O)c2Br)n1. The van der Waals surface area contributed by atoms with Crippen LogP contribution in [0.2, 0.25) is 0 Å². The number of aryl methyl sites for hydroxylation is 3. The topological polar surface area (TPSA) is 82.8 Å². The number of hydrogen-bond acceptors (Lipinski definition) is 6. The molecular weight excluding hydrogens is 494 g/mol. The molecule has 0 amide bonds. The summed E-state index contributed by atoms with van der Waals surface area (Å²) >= 11 is 3.44. The minimum atomic E-state index is -0.216. The number of pyridine rings is 3. The maximum atomic E-state index is 13.3. The van der Waals surface area contributed by atoms with Gasteiger partial charge in [-0.15, -0.1) is 0 Å². The lowest BCUT2D eigenvalue weighted by Crippen LogP contribution is -2.22. The number of aromatic nitrogens is 5. The Hall–Kier alpha value is -3.39. The summed E-state index contributed by atoms with van der Waals surface area (Å²) < 4.78 is 7.91. The zero-order valence-electron chi connectivity index (χ0n) is 19.8. The molecule has 0 aromatic carbocycles. The van der Waals surface area contributed by atoms with Crippen LogP contribution in [0.25, 0.3) is 17.1 Å². The first-order valence-electron chi connectivity index (χ1n) is 11.0. The molecule has 0 saturated carbocycles. The highest BCUT2D eigenvalue weighted by atomic mass is 79.9. The smallest absolute Gasteiger partial charge is 0.273 e. The first kappa shape index (κ1) is 23.8. The van der Waals surface area contributed by atoms with E-state index in [1.165, 1.54) is 0 Å². The van der Waals surface area contributed by atoms with E-state index in [1.807, 2.05) is 57.3 Å². The zero-order valence-corrected chi connectivity index (χ0v) is 21.4. The van der Waals surface area contributed by atoms with Gasteiger partial charge >= 0.3 is 0 Å². The van der Waals surface area contributed by atoms with Crippen molar-refractivity contribution in [2.24, 2.45) is 0 Å². The van der Waals surface area contributed by atoms with E-state index in [9.17, 15) is 4.79 Å². The second-order valence-electron chi connectivity index (χ2n) is 8.48. The van der Waals surface area contributed by atoms with E-state index in [4.69, 9.17) is 9.72 Å². The molecule has 0 aliphatic heterocycles. The molecule has 0 unspecified atom stereocenters. The standard InChI is InChI=1S/C26H26BrN5O2/c1-15(2)25-29-13-16(3)24(31-25)21-12-20(9-10-28-21)32-18(5)11-22(23(27)26(32)33)34-14-19-8-6-7-17(4)30-19/h6-13,15H,14H2,1-5H3. The van der Waals surface area contributed by atoms with Gasteiger partial charge in [0, 0.05) is 35.8 Å². The maximum Gasteiger partial charge on any atom is 0.273 e. The van der Waals surface area contributed by atoms with Gasteiger partial charge in [0.25, 0.3) is 5.56 Å². The van der Waals surface area contributed by atoms with Crippen LogP contribution in [-0.2, 0) is 6.61 Å². The molecule has 0 fully saturated rings. The Morgan fingerprint density at radius 3 is 2.59 bits per heavy atom. The van der Waals surface area contributed by atoms with Crippen LogP contribution in [0, 0.1) is 20.8 Å². The summed E-state index contributed by atoms with van der Waals surface area (Å²) in [5.74, 6) is 1.43. The fourth-order valence-corrected chi connectivity index (χ4v) is 4.03. The van der Waals surface area contributed by atoms with E-state index in [2.05, 4.69) is 44.7 Å². The average molecular weight is 520 g/mol. The molecule has 0 N–H and O–H groups in total. The van der Waals surface area contributed by atoms with Gasteiger partial charge < -0.3 is 4.74 Å². The second-order valence-corrected chi connectivity index (χ2v) is 9.27. The summed E-state index contributed by atoms with van der Waals surface area (Å²) in [6.07, 6.45) is 3.50. The molecule has 4 aromatic rings. The van der Waals surface area contributed by atoms with Crippen LogP contribution >= 0.6 is 15.9 Å². The molecule has 0 bridgehead atoms. The lowest BCUT2D eigenvalue weighted by Gasteiger charge is -2.15. The van der Waals surface area contributed by atoms with Gasteiger partial charge in [0.05, 0.1) is 22.8 Å². The van der Waals surface area contributed by atoms with E-state index in [1.54, 1.807) is 16.8 Å². The number of hydrogen-bond donors (Lipinski definition) is 0. The molecule has 7 nitrogen and oxygen atoms in total.